The lowest BCUT2D eigenvalue weighted by molar-refractivity contribution is -0.141. The summed E-state index contributed by atoms with van der Waals surface area (Å²) in [6, 6.07) is 19.0. The van der Waals surface area contributed by atoms with Crippen LogP contribution in [0.4, 0.5) is 10.1 Å². The number of likely N-dealkylation sites (N-methyl/N-ethyl adjacent to an activating group) is 1. The molecule has 0 aliphatic carbocycles. The van der Waals surface area contributed by atoms with E-state index in [9.17, 15) is 22.4 Å². The third-order valence-corrected chi connectivity index (χ3v) is 8.17. The van der Waals surface area contributed by atoms with Crippen LogP contribution in [0.2, 0.25) is 10.0 Å². The summed E-state index contributed by atoms with van der Waals surface area (Å²) in [5, 5.41) is 3.51. The first kappa shape index (κ1) is 31.4. The van der Waals surface area contributed by atoms with Gasteiger partial charge in [-0.2, -0.15) is 0 Å². The summed E-state index contributed by atoms with van der Waals surface area (Å²) in [7, 11) is -3.83. The Kier molecular flexibility index (Phi) is 11.4. The normalized spacial score (nSPS) is 12.0. The number of amides is 2. The molecule has 1 unspecified atom stereocenters. The number of sulfonamides is 1. The van der Waals surface area contributed by atoms with Crippen LogP contribution < -0.4 is 9.62 Å². The average molecular weight is 609 g/mol. The van der Waals surface area contributed by atoms with Crippen molar-refractivity contribution < 1.29 is 22.4 Å². The molecule has 7 nitrogen and oxygen atoms in total. The fourth-order valence-electron chi connectivity index (χ4n) is 4.34. The van der Waals surface area contributed by atoms with Crippen molar-refractivity contribution in [2.75, 3.05) is 23.7 Å². The molecular formula is C29H32Cl2FN3O4S. The zero-order valence-corrected chi connectivity index (χ0v) is 24.6. The molecule has 0 aliphatic rings. The van der Waals surface area contributed by atoms with Gasteiger partial charge in [0.2, 0.25) is 21.8 Å². The zero-order valence-electron chi connectivity index (χ0n) is 22.3. The molecule has 0 aliphatic heterocycles. The minimum absolute atomic E-state index is 0.0327. The van der Waals surface area contributed by atoms with E-state index in [4.69, 9.17) is 23.2 Å². The molecule has 0 saturated carbocycles. The maximum absolute atomic E-state index is 14.4. The van der Waals surface area contributed by atoms with Crippen molar-refractivity contribution in [2.24, 2.45) is 0 Å². The van der Waals surface area contributed by atoms with Crippen LogP contribution in [0, 0.1) is 5.82 Å². The molecule has 2 amide bonds. The molecule has 0 saturated heterocycles. The van der Waals surface area contributed by atoms with E-state index < -0.39 is 27.8 Å². The summed E-state index contributed by atoms with van der Waals surface area (Å²) in [6.07, 6.45) is 1.21. The van der Waals surface area contributed by atoms with Gasteiger partial charge < -0.3 is 10.2 Å². The van der Waals surface area contributed by atoms with Crippen LogP contribution in [0.15, 0.2) is 72.8 Å². The number of halogens is 3. The second-order valence-corrected chi connectivity index (χ2v) is 11.9. The molecule has 0 radical (unpaired) electrons. The van der Waals surface area contributed by atoms with Gasteiger partial charge in [0.25, 0.3) is 0 Å². The summed E-state index contributed by atoms with van der Waals surface area (Å²) in [4.78, 5) is 28.5. The molecule has 0 fully saturated rings. The maximum Gasteiger partial charge on any atom is 0.243 e. The molecule has 3 aromatic rings. The van der Waals surface area contributed by atoms with Gasteiger partial charge in [0, 0.05) is 48.1 Å². The monoisotopic (exact) mass is 607 g/mol. The first-order valence-corrected chi connectivity index (χ1v) is 15.4. The van der Waals surface area contributed by atoms with Crippen molar-refractivity contribution in [2.45, 2.75) is 38.8 Å². The quantitative estimate of drug-likeness (QED) is 0.280. The van der Waals surface area contributed by atoms with Crippen LogP contribution >= 0.6 is 23.2 Å². The molecule has 3 aromatic carbocycles. The fraction of sp³-hybridized carbons (Fsp3) is 0.310. The van der Waals surface area contributed by atoms with Crippen molar-refractivity contribution in [3.63, 3.8) is 0 Å². The molecule has 0 bridgehead atoms. The zero-order chi connectivity index (χ0) is 29.3. The van der Waals surface area contributed by atoms with E-state index in [1.165, 1.54) is 29.2 Å². The fourth-order valence-corrected chi connectivity index (χ4v) is 5.82. The first-order valence-electron chi connectivity index (χ1n) is 12.8. The molecule has 214 valence electrons. The number of nitrogens with zero attached hydrogens (tertiary/aromatic N) is 2. The molecule has 0 heterocycles. The van der Waals surface area contributed by atoms with Crippen LogP contribution in [0.25, 0.3) is 0 Å². The summed E-state index contributed by atoms with van der Waals surface area (Å²) in [5.74, 6) is -1.43. The van der Waals surface area contributed by atoms with E-state index in [2.05, 4.69) is 5.32 Å². The van der Waals surface area contributed by atoms with Gasteiger partial charge in [-0.05, 0) is 43.2 Å². The Hall–Kier alpha value is -3.14. The molecule has 0 spiro atoms. The molecule has 1 atom stereocenters. The Labute approximate surface area is 244 Å². The predicted octanol–water partition coefficient (Wildman–Crippen LogP) is 5.45. The Morgan fingerprint density at radius 3 is 2.17 bits per heavy atom. The van der Waals surface area contributed by atoms with Crippen molar-refractivity contribution in [3.8, 4) is 0 Å². The van der Waals surface area contributed by atoms with E-state index in [0.29, 0.717) is 22.2 Å². The maximum atomic E-state index is 14.4. The van der Waals surface area contributed by atoms with E-state index in [-0.39, 0.29) is 43.9 Å². The van der Waals surface area contributed by atoms with Crippen molar-refractivity contribution in [1.82, 2.24) is 10.2 Å². The smallest absolute Gasteiger partial charge is 0.243 e. The lowest BCUT2D eigenvalue weighted by Gasteiger charge is -2.32. The molecule has 40 heavy (non-hydrogen) atoms. The van der Waals surface area contributed by atoms with Gasteiger partial charge in [-0.3, -0.25) is 13.9 Å². The highest BCUT2D eigenvalue weighted by atomic mass is 35.5. The number of rotatable bonds is 13. The van der Waals surface area contributed by atoms with Gasteiger partial charge in [0.1, 0.15) is 11.9 Å². The third kappa shape index (κ3) is 8.43. The lowest BCUT2D eigenvalue weighted by atomic mass is 10.0. The molecule has 3 rings (SSSR count). The molecule has 0 aromatic heterocycles. The Bertz CT molecular complexity index is 1400. The van der Waals surface area contributed by atoms with Crippen LogP contribution in [0.3, 0.4) is 0 Å². The van der Waals surface area contributed by atoms with E-state index in [1.807, 2.05) is 30.3 Å². The first-order chi connectivity index (χ1) is 19.0. The average Bonchev–Trinajstić information content (AvgIpc) is 2.90. The van der Waals surface area contributed by atoms with Gasteiger partial charge >= 0.3 is 0 Å². The van der Waals surface area contributed by atoms with Crippen LogP contribution in [-0.4, -0.2) is 50.5 Å². The van der Waals surface area contributed by atoms with Gasteiger partial charge in [-0.1, -0.05) is 71.7 Å². The summed E-state index contributed by atoms with van der Waals surface area (Å²) in [5.41, 5.74) is 1.25. The van der Waals surface area contributed by atoms with E-state index >= 15 is 0 Å². The van der Waals surface area contributed by atoms with Crippen molar-refractivity contribution >= 4 is 50.7 Å². The minimum atomic E-state index is -3.83. The largest absolute Gasteiger partial charge is 0.355 e. The van der Waals surface area contributed by atoms with Crippen LogP contribution in [0.1, 0.15) is 30.9 Å². The molecule has 1 N–H and O–H groups in total. The molecule has 11 heteroatoms. The van der Waals surface area contributed by atoms with E-state index in [1.54, 1.807) is 25.1 Å². The van der Waals surface area contributed by atoms with Gasteiger partial charge in [0.15, 0.2) is 0 Å². The number of hydrogen-bond acceptors (Lipinski definition) is 4. The highest BCUT2D eigenvalue weighted by Gasteiger charge is 2.31. The number of benzene rings is 3. The Morgan fingerprint density at radius 1 is 0.950 bits per heavy atom. The summed E-state index contributed by atoms with van der Waals surface area (Å²) in [6.45, 7) is 1.99. The number of nitrogens with one attached hydrogen (secondary N) is 1. The van der Waals surface area contributed by atoms with Crippen LogP contribution in [-0.2, 0) is 32.6 Å². The topological polar surface area (TPSA) is 86.8 Å². The minimum Gasteiger partial charge on any atom is -0.355 e. The van der Waals surface area contributed by atoms with E-state index in [0.717, 1.165) is 16.1 Å². The predicted molar refractivity (Wildman–Crippen MR) is 157 cm³/mol. The number of para-hydroxylation sites is 1. The number of carbonyl (C=O) groups excluding carboxylic acids is 2. The van der Waals surface area contributed by atoms with Crippen molar-refractivity contribution in [1.29, 1.82) is 0 Å². The number of hydrogen-bond donors (Lipinski definition) is 1. The summed E-state index contributed by atoms with van der Waals surface area (Å²) >= 11 is 12.9. The number of carbonyl (C=O) groups is 2. The van der Waals surface area contributed by atoms with Gasteiger partial charge in [-0.25, -0.2) is 12.8 Å². The highest BCUT2D eigenvalue weighted by Crippen LogP contribution is 2.28. The van der Waals surface area contributed by atoms with Crippen LogP contribution in [0.5, 0.6) is 0 Å². The number of anilines is 1. The molecular weight excluding hydrogens is 576 g/mol. The summed E-state index contributed by atoms with van der Waals surface area (Å²) < 4.78 is 40.3. The van der Waals surface area contributed by atoms with Gasteiger partial charge in [-0.15, -0.1) is 0 Å². The van der Waals surface area contributed by atoms with Crippen molar-refractivity contribution in [3.05, 3.63) is 99.8 Å². The standard InChI is InChI=1S/C29H32Cl2FN3O4S/c1-3-33-29(37)27(19-21-11-5-4-6-12-21)34(20-22-23(30)13-9-14-24(22)31)28(36)17-10-18-35(40(2,38)39)26-16-8-7-15-25(26)32/h4-9,11-16,27H,3,10,17-20H2,1-2H3,(H,33,37). The van der Waals surface area contributed by atoms with Gasteiger partial charge in [0.05, 0.1) is 11.9 Å². The SMILES string of the molecule is CCNC(=O)C(Cc1ccccc1)N(Cc1c(Cl)cccc1Cl)C(=O)CCCN(c1ccccc1F)S(C)(=O)=O. The second kappa shape index (κ2) is 14.5. The second-order valence-electron chi connectivity index (χ2n) is 9.21. The lowest BCUT2D eigenvalue weighted by Crippen LogP contribution is -2.50. The highest BCUT2D eigenvalue weighted by molar-refractivity contribution is 7.92. The third-order valence-electron chi connectivity index (χ3n) is 6.29. The Balaban J connectivity index is 1.91. The Morgan fingerprint density at radius 2 is 1.57 bits per heavy atom.